The molecule has 0 aliphatic carbocycles. The Bertz CT molecular complexity index is 607. The lowest BCUT2D eigenvalue weighted by atomic mass is 9.86. The molecule has 10 atom stereocenters. The maximum absolute atomic E-state index is 12.3. The molecule has 1 aliphatic heterocycles. The van der Waals surface area contributed by atoms with Gasteiger partial charge in [0.1, 0.15) is 42.7 Å². The van der Waals surface area contributed by atoms with Gasteiger partial charge in [-0.05, 0) is 0 Å². The fourth-order valence-electron chi connectivity index (χ4n) is 3.27. The summed E-state index contributed by atoms with van der Waals surface area (Å²) in [7, 11) is 0. The Balaban J connectivity index is 3.03. The van der Waals surface area contributed by atoms with Gasteiger partial charge in [0.2, 0.25) is 5.91 Å². The quantitative estimate of drug-likeness (QED) is 0.138. The predicted octanol–water partition coefficient (Wildman–Crippen LogP) is -6.56. The van der Waals surface area contributed by atoms with Crippen molar-refractivity contribution in [3.8, 4) is 0 Å². The number of ether oxygens (including phenoxy) is 1. The van der Waals surface area contributed by atoms with Gasteiger partial charge in [-0.1, -0.05) is 0 Å². The maximum atomic E-state index is 12.3. The van der Waals surface area contributed by atoms with Gasteiger partial charge < -0.3 is 61.1 Å². The zero-order chi connectivity index (χ0) is 24.1. The normalized spacial score (nSPS) is 32.4. The molecule has 0 aromatic heterocycles. The summed E-state index contributed by atoms with van der Waals surface area (Å²) in [4.78, 5) is 23.7. The van der Waals surface area contributed by atoms with Crippen LogP contribution in [0.4, 0.5) is 0 Å². The molecular weight excluding hydrogens is 426 g/mol. The first-order valence-electron chi connectivity index (χ1n) is 9.46. The van der Waals surface area contributed by atoms with Crippen LogP contribution in [0.1, 0.15) is 19.8 Å². The highest BCUT2D eigenvalue weighted by molar-refractivity contribution is 5.84. The van der Waals surface area contributed by atoms with Crippen molar-refractivity contribution in [2.24, 2.45) is 0 Å². The van der Waals surface area contributed by atoms with Gasteiger partial charge >= 0.3 is 0 Å². The maximum Gasteiger partial charge on any atom is 0.217 e. The largest absolute Gasteiger partial charge is 0.394 e. The lowest BCUT2D eigenvalue weighted by molar-refractivity contribution is -0.301. The number of rotatable bonds is 11. The minimum absolute atomic E-state index is 0.653. The van der Waals surface area contributed by atoms with E-state index in [9.17, 15) is 50.4 Å². The fraction of sp³-hybridized carbons (Fsp3) is 0.882. The van der Waals surface area contributed by atoms with Crippen LogP contribution in [-0.2, 0) is 14.3 Å². The molecule has 1 heterocycles. The van der Waals surface area contributed by atoms with Crippen LogP contribution in [0.3, 0.4) is 0 Å². The summed E-state index contributed by atoms with van der Waals surface area (Å²) in [5, 5.41) is 99.6. The fourth-order valence-corrected chi connectivity index (χ4v) is 3.27. The van der Waals surface area contributed by atoms with E-state index in [1.807, 2.05) is 0 Å². The number of aliphatic hydroxyl groups excluding tert-OH is 9. The van der Waals surface area contributed by atoms with E-state index in [1.54, 1.807) is 0 Å². The van der Waals surface area contributed by atoms with Crippen LogP contribution in [0.15, 0.2) is 0 Å². The summed E-state index contributed by atoms with van der Waals surface area (Å²) in [5.74, 6) is -4.49. The van der Waals surface area contributed by atoms with E-state index in [-0.39, 0.29) is 0 Å². The zero-order valence-corrected chi connectivity index (χ0v) is 16.7. The van der Waals surface area contributed by atoms with Crippen molar-refractivity contribution in [2.45, 2.75) is 80.4 Å². The van der Waals surface area contributed by atoms with Crippen molar-refractivity contribution in [3.05, 3.63) is 0 Å². The van der Waals surface area contributed by atoms with Gasteiger partial charge in [-0.25, -0.2) is 0 Å². The van der Waals surface area contributed by atoms with E-state index in [4.69, 9.17) is 14.9 Å². The van der Waals surface area contributed by atoms with Crippen LogP contribution in [0.25, 0.3) is 0 Å². The Morgan fingerprint density at radius 1 is 1.03 bits per heavy atom. The van der Waals surface area contributed by atoms with Crippen molar-refractivity contribution < 1.29 is 65.4 Å². The van der Waals surface area contributed by atoms with E-state index >= 15 is 0 Å². The van der Waals surface area contributed by atoms with Gasteiger partial charge in [0.15, 0.2) is 11.6 Å². The van der Waals surface area contributed by atoms with E-state index < -0.39 is 98.4 Å². The van der Waals surface area contributed by atoms with Gasteiger partial charge in [-0.2, -0.15) is 0 Å². The van der Waals surface area contributed by atoms with Gasteiger partial charge in [0.25, 0.3) is 0 Å². The highest BCUT2D eigenvalue weighted by Crippen LogP contribution is 2.33. The van der Waals surface area contributed by atoms with Crippen molar-refractivity contribution in [1.82, 2.24) is 5.32 Å². The first-order chi connectivity index (χ1) is 14.3. The van der Waals surface area contributed by atoms with Crippen LogP contribution < -0.4 is 5.32 Å². The lowest BCUT2D eigenvalue weighted by Gasteiger charge is -2.46. The molecule has 0 aromatic carbocycles. The number of hydrogen-bond acceptors (Lipinski definition) is 13. The molecule has 1 saturated heterocycles. The molecule has 11 N–H and O–H groups in total. The second-order valence-corrected chi connectivity index (χ2v) is 7.59. The van der Waals surface area contributed by atoms with Gasteiger partial charge in [-0.15, -0.1) is 0 Å². The third-order valence-electron chi connectivity index (χ3n) is 4.97. The first-order valence-corrected chi connectivity index (χ1v) is 9.46. The zero-order valence-electron chi connectivity index (χ0n) is 16.7. The van der Waals surface area contributed by atoms with E-state index in [0.717, 1.165) is 6.92 Å². The molecule has 0 aromatic rings. The molecule has 0 unspecified atom stereocenters. The Morgan fingerprint density at radius 3 is 2.06 bits per heavy atom. The van der Waals surface area contributed by atoms with Gasteiger partial charge in [0, 0.05) is 13.3 Å². The molecule has 0 bridgehead atoms. The van der Waals surface area contributed by atoms with Crippen LogP contribution >= 0.6 is 0 Å². The summed E-state index contributed by atoms with van der Waals surface area (Å²) in [6.07, 6.45) is -17.3. The number of carbonyl (C=O) groups is 2. The monoisotopic (exact) mass is 457 g/mol. The Hall–Kier alpha value is -1.30. The molecule has 14 heteroatoms. The van der Waals surface area contributed by atoms with Crippen molar-refractivity contribution in [3.63, 3.8) is 0 Å². The smallest absolute Gasteiger partial charge is 0.217 e. The second kappa shape index (κ2) is 11.5. The number of aliphatic hydroxyl groups is 10. The summed E-state index contributed by atoms with van der Waals surface area (Å²) < 4.78 is 5.27. The van der Waals surface area contributed by atoms with Crippen LogP contribution in [0.5, 0.6) is 0 Å². The van der Waals surface area contributed by atoms with Crippen molar-refractivity contribution in [1.29, 1.82) is 0 Å². The van der Waals surface area contributed by atoms with E-state index in [1.165, 1.54) is 0 Å². The standard InChI is InChI=1S/C17H31NO13/c1-6(21)18-11-7(22)2-17(30,31-16(11)14(28)10(25)5-20)3-8(23)12(26)15(29)13(27)9(24)4-19/h7,9-16,19-20,22,24-30H,2-5H2,1H3,(H,18,21)/t7-,9-,10+,11+,12+,13+,14+,15-,16+,17-/m0/s1. The third kappa shape index (κ3) is 7.10. The lowest BCUT2D eigenvalue weighted by Crippen LogP contribution is -2.66. The summed E-state index contributed by atoms with van der Waals surface area (Å²) in [6.45, 7) is -0.820. The number of Topliss-reactive ketones (excluding diaryl/α,β-unsaturated/α-hetero) is 1. The third-order valence-corrected chi connectivity index (χ3v) is 4.97. The molecule has 1 fully saturated rings. The number of amides is 1. The van der Waals surface area contributed by atoms with Gasteiger partial charge in [-0.3, -0.25) is 9.59 Å². The second-order valence-electron chi connectivity index (χ2n) is 7.59. The Labute approximate surface area is 177 Å². The van der Waals surface area contributed by atoms with Crippen LogP contribution in [0, 0.1) is 0 Å². The average Bonchev–Trinajstić information content (AvgIpc) is 2.71. The molecule has 14 nitrogen and oxygen atoms in total. The van der Waals surface area contributed by atoms with E-state index in [0.29, 0.717) is 0 Å². The summed E-state index contributed by atoms with van der Waals surface area (Å²) in [6, 6.07) is -1.35. The molecular formula is C17H31NO13. The number of ketones is 1. The summed E-state index contributed by atoms with van der Waals surface area (Å²) >= 11 is 0. The molecule has 182 valence electrons. The van der Waals surface area contributed by atoms with E-state index in [2.05, 4.69) is 5.32 Å². The SMILES string of the molecule is CC(=O)N[C@H]1[C@H]([C@H](O)[C@H](O)CO)O[C@](O)(CC(=O)[C@@H](O)[C@H](O)[C@H](O)[C@@H](O)CO)C[C@@H]1O. The highest BCUT2D eigenvalue weighted by atomic mass is 16.6. The van der Waals surface area contributed by atoms with Crippen molar-refractivity contribution >= 4 is 11.7 Å². The number of nitrogens with one attached hydrogen (secondary N) is 1. The van der Waals surface area contributed by atoms with Crippen LogP contribution in [-0.4, -0.2) is 137 Å². The minimum Gasteiger partial charge on any atom is -0.394 e. The first kappa shape index (κ1) is 27.7. The summed E-state index contributed by atoms with van der Waals surface area (Å²) in [5.41, 5.74) is 0. The average molecular weight is 457 g/mol. The molecule has 1 amide bonds. The topological polar surface area (TPSA) is 258 Å². The molecule has 1 rings (SSSR count). The molecule has 0 spiro atoms. The Kier molecular flexibility index (Phi) is 10.3. The molecule has 31 heavy (non-hydrogen) atoms. The number of hydrogen-bond donors (Lipinski definition) is 11. The predicted molar refractivity (Wildman–Crippen MR) is 97.9 cm³/mol. The molecule has 0 saturated carbocycles. The Morgan fingerprint density at radius 2 is 1.58 bits per heavy atom. The number of carbonyl (C=O) groups excluding carboxylic acids is 2. The minimum atomic E-state index is -2.55. The van der Waals surface area contributed by atoms with Crippen LogP contribution in [0.2, 0.25) is 0 Å². The molecule has 0 radical (unpaired) electrons. The highest BCUT2D eigenvalue weighted by Gasteiger charge is 2.51. The van der Waals surface area contributed by atoms with Gasteiger partial charge in [0.05, 0.1) is 31.8 Å². The molecule has 1 aliphatic rings. The van der Waals surface area contributed by atoms with Crippen molar-refractivity contribution in [2.75, 3.05) is 13.2 Å².